The number of benzene rings is 2. The Morgan fingerprint density at radius 1 is 1.10 bits per heavy atom. The van der Waals surface area contributed by atoms with Crippen molar-refractivity contribution in [3.8, 4) is 11.5 Å². The molecule has 0 aliphatic carbocycles. The highest BCUT2D eigenvalue weighted by atomic mass is 16.5. The Hall–Kier alpha value is -3.28. The van der Waals surface area contributed by atoms with Gasteiger partial charge >= 0.3 is 0 Å². The van der Waals surface area contributed by atoms with E-state index < -0.39 is 0 Å². The van der Waals surface area contributed by atoms with Gasteiger partial charge in [0.1, 0.15) is 6.54 Å². The molecule has 0 saturated heterocycles. The molecule has 0 unspecified atom stereocenters. The molecule has 0 radical (unpaired) electrons. The molecule has 2 rings (SSSR count). The Morgan fingerprint density at radius 3 is 2.53 bits per heavy atom. The maximum Gasteiger partial charge on any atom is 0.247 e. The second-order valence-corrected chi connectivity index (χ2v) is 6.80. The molecule has 2 amide bonds. The maximum atomic E-state index is 12.7. The van der Waals surface area contributed by atoms with Gasteiger partial charge in [0.2, 0.25) is 11.8 Å². The lowest BCUT2D eigenvalue weighted by Gasteiger charge is -2.20. The molecule has 1 N–H and O–H groups in total. The van der Waals surface area contributed by atoms with Crippen LogP contribution in [0.25, 0.3) is 6.08 Å². The van der Waals surface area contributed by atoms with Crippen molar-refractivity contribution in [2.45, 2.75) is 27.2 Å². The number of methoxy groups -OCH3 is 1. The number of carbonyl (C=O) groups excluding carboxylic acids is 2. The zero-order valence-electron chi connectivity index (χ0n) is 18.1. The van der Waals surface area contributed by atoms with Gasteiger partial charge in [0.05, 0.1) is 13.7 Å². The monoisotopic (exact) mass is 410 g/mol. The first-order valence-corrected chi connectivity index (χ1v) is 10.1. The second-order valence-electron chi connectivity index (χ2n) is 6.80. The summed E-state index contributed by atoms with van der Waals surface area (Å²) < 4.78 is 10.9. The van der Waals surface area contributed by atoms with Gasteiger partial charge in [-0.2, -0.15) is 0 Å². The van der Waals surface area contributed by atoms with Crippen molar-refractivity contribution in [2.75, 3.05) is 32.1 Å². The second kappa shape index (κ2) is 11.7. The topological polar surface area (TPSA) is 67.9 Å². The van der Waals surface area contributed by atoms with Crippen LogP contribution in [-0.2, 0) is 9.59 Å². The highest BCUT2D eigenvalue weighted by Crippen LogP contribution is 2.28. The molecule has 0 saturated carbocycles. The van der Waals surface area contributed by atoms with E-state index >= 15 is 0 Å². The third-order valence-electron chi connectivity index (χ3n) is 4.46. The quantitative estimate of drug-likeness (QED) is 0.593. The van der Waals surface area contributed by atoms with E-state index in [1.807, 2.05) is 57.2 Å². The molecule has 0 aliphatic heterocycles. The van der Waals surface area contributed by atoms with Gasteiger partial charge in [-0.05, 0) is 55.7 Å². The average Bonchev–Trinajstić information content (AvgIpc) is 2.73. The van der Waals surface area contributed by atoms with Gasteiger partial charge in [0.15, 0.2) is 11.5 Å². The number of hydrogen-bond acceptors (Lipinski definition) is 4. The van der Waals surface area contributed by atoms with E-state index in [-0.39, 0.29) is 18.4 Å². The smallest absolute Gasteiger partial charge is 0.247 e. The van der Waals surface area contributed by atoms with Gasteiger partial charge in [-0.1, -0.05) is 31.2 Å². The Labute approximate surface area is 178 Å². The van der Waals surface area contributed by atoms with Crippen molar-refractivity contribution in [3.63, 3.8) is 0 Å². The number of anilines is 1. The van der Waals surface area contributed by atoms with Gasteiger partial charge < -0.3 is 19.7 Å². The van der Waals surface area contributed by atoms with Gasteiger partial charge in [0.25, 0.3) is 0 Å². The van der Waals surface area contributed by atoms with Crippen molar-refractivity contribution in [3.05, 3.63) is 59.7 Å². The molecule has 0 bridgehead atoms. The lowest BCUT2D eigenvalue weighted by Crippen LogP contribution is -2.37. The van der Waals surface area contributed by atoms with E-state index in [0.717, 1.165) is 23.2 Å². The number of nitrogens with one attached hydrogen (secondary N) is 1. The zero-order valence-corrected chi connectivity index (χ0v) is 18.1. The Kier molecular flexibility index (Phi) is 8.94. The molecule has 0 spiro atoms. The summed E-state index contributed by atoms with van der Waals surface area (Å²) >= 11 is 0. The molecule has 6 heteroatoms. The normalized spacial score (nSPS) is 10.7. The average molecular weight is 411 g/mol. The minimum atomic E-state index is -0.220. The molecule has 30 heavy (non-hydrogen) atoms. The van der Waals surface area contributed by atoms with Gasteiger partial charge in [-0.3, -0.25) is 9.59 Å². The Morgan fingerprint density at radius 2 is 1.87 bits per heavy atom. The van der Waals surface area contributed by atoms with E-state index in [2.05, 4.69) is 5.32 Å². The minimum absolute atomic E-state index is 0.00183. The highest BCUT2D eigenvalue weighted by molar-refractivity contribution is 5.98. The van der Waals surface area contributed by atoms with Crippen LogP contribution in [0, 0.1) is 6.92 Å². The van der Waals surface area contributed by atoms with Crippen LogP contribution in [-0.4, -0.2) is 43.5 Å². The minimum Gasteiger partial charge on any atom is -0.493 e. The fraction of sp³-hybridized carbons (Fsp3) is 0.333. The molecule has 6 nitrogen and oxygen atoms in total. The summed E-state index contributed by atoms with van der Waals surface area (Å²) in [6.07, 6.45) is 3.95. The summed E-state index contributed by atoms with van der Waals surface area (Å²) in [5, 5.41) is 2.87. The summed E-state index contributed by atoms with van der Waals surface area (Å²) in [6.45, 7) is 6.81. The summed E-state index contributed by atoms with van der Waals surface area (Å²) in [7, 11) is 1.58. The Bertz CT molecular complexity index is 893. The van der Waals surface area contributed by atoms with Crippen LogP contribution < -0.4 is 14.8 Å². The summed E-state index contributed by atoms with van der Waals surface area (Å²) in [4.78, 5) is 26.7. The van der Waals surface area contributed by atoms with Gasteiger partial charge in [0, 0.05) is 18.3 Å². The number of aryl methyl sites for hydroxylation is 1. The highest BCUT2D eigenvalue weighted by Gasteiger charge is 2.15. The first-order valence-electron chi connectivity index (χ1n) is 10.1. The summed E-state index contributed by atoms with van der Waals surface area (Å²) in [6, 6.07) is 13.0. The van der Waals surface area contributed by atoms with Crippen LogP contribution in [0.3, 0.4) is 0 Å². The first kappa shape index (κ1) is 23.0. The van der Waals surface area contributed by atoms with Crippen molar-refractivity contribution < 1.29 is 19.1 Å². The van der Waals surface area contributed by atoms with E-state index in [9.17, 15) is 9.59 Å². The number of ether oxygens (including phenoxy) is 2. The lowest BCUT2D eigenvalue weighted by atomic mass is 10.2. The fourth-order valence-corrected chi connectivity index (χ4v) is 2.95. The molecular weight excluding hydrogens is 380 g/mol. The van der Waals surface area contributed by atoms with Crippen molar-refractivity contribution in [1.82, 2.24) is 4.90 Å². The van der Waals surface area contributed by atoms with E-state index in [1.54, 1.807) is 19.3 Å². The number of hydrogen-bond donors (Lipinski definition) is 1. The van der Waals surface area contributed by atoms with Crippen molar-refractivity contribution in [1.29, 1.82) is 0 Å². The number of rotatable bonds is 10. The van der Waals surface area contributed by atoms with E-state index in [4.69, 9.17) is 9.47 Å². The first-order chi connectivity index (χ1) is 14.5. The van der Waals surface area contributed by atoms with Crippen LogP contribution in [0.5, 0.6) is 11.5 Å². The summed E-state index contributed by atoms with van der Waals surface area (Å²) in [5.74, 6) is 0.826. The molecule has 0 atom stereocenters. The Balaban J connectivity index is 2.06. The van der Waals surface area contributed by atoms with Crippen molar-refractivity contribution >= 4 is 23.6 Å². The van der Waals surface area contributed by atoms with E-state index in [0.29, 0.717) is 24.7 Å². The van der Waals surface area contributed by atoms with E-state index in [1.165, 1.54) is 11.0 Å². The summed E-state index contributed by atoms with van der Waals surface area (Å²) in [5.41, 5.74) is 2.54. The predicted molar refractivity (Wildman–Crippen MR) is 120 cm³/mol. The zero-order chi connectivity index (χ0) is 21.9. The number of carbonyl (C=O) groups is 2. The lowest BCUT2D eigenvalue weighted by molar-refractivity contribution is -0.130. The maximum absolute atomic E-state index is 12.7. The third-order valence-corrected chi connectivity index (χ3v) is 4.46. The van der Waals surface area contributed by atoms with Gasteiger partial charge in [-0.15, -0.1) is 0 Å². The van der Waals surface area contributed by atoms with Crippen LogP contribution >= 0.6 is 0 Å². The van der Waals surface area contributed by atoms with Crippen LogP contribution in [0.1, 0.15) is 31.4 Å². The van der Waals surface area contributed by atoms with Crippen molar-refractivity contribution in [2.24, 2.45) is 0 Å². The molecule has 0 aromatic heterocycles. The molecule has 2 aromatic rings. The fourth-order valence-electron chi connectivity index (χ4n) is 2.95. The third kappa shape index (κ3) is 6.65. The number of nitrogens with zero attached hydrogens (tertiary/aromatic N) is 1. The van der Waals surface area contributed by atoms with Crippen LogP contribution in [0.4, 0.5) is 5.69 Å². The molecular formula is C24H30N2O4. The largest absolute Gasteiger partial charge is 0.493 e. The standard InChI is InChI=1S/C24H30N2O4/c1-5-15-26(17-23(27)25-20-10-8-7-9-18(20)3)24(28)14-12-19-11-13-21(29-4)22(16-19)30-6-2/h7-14,16H,5-6,15,17H2,1-4H3,(H,25,27)/b14-12+. The molecule has 0 fully saturated rings. The SMILES string of the molecule is CCCN(CC(=O)Nc1ccccc1C)C(=O)/C=C/c1ccc(OC)c(OCC)c1. The number of amides is 2. The van der Waals surface area contributed by atoms with Crippen LogP contribution in [0.15, 0.2) is 48.5 Å². The molecule has 0 heterocycles. The molecule has 2 aromatic carbocycles. The van der Waals surface area contributed by atoms with Crippen LogP contribution in [0.2, 0.25) is 0 Å². The number of para-hydroxylation sites is 1. The van der Waals surface area contributed by atoms with Gasteiger partial charge in [-0.25, -0.2) is 0 Å². The molecule has 160 valence electrons. The predicted octanol–water partition coefficient (Wildman–Crippen LogP) is 4.29. The molecule has 0 aliphatic rings.